The Kier molecular flexibility index (Phi) is 5.69. The number of anilines is 3. The number of halogens is 2. The molecule has 136 valence electrons. The van der Waals surface area contributed by atoms with Crippen LogP contribution in [0.2, 0.25) is 10.0 Å². The lowest BCUT2D eigenvalue weighted by molar-refractivity contribution is -0.117. The molecule has 0 radical (unpaired) electrons. The summed E-state index contributed by atoms with van der Waals surface area (Å²) in [4.78, 5) is 25.9. The van der Waals surface area contributed by atoms with Crippen molar-refractivity contribution >= 4 is 52.1 Å². The number of amides is 2. The van der Waals surface area contributed by atoms with Gasteiger partial charge in [-0.05, 0) is 55.8 Å². The van der Waals surface area contributed by atoms with Gasteiger partial charge >= 0.3 is 0 Å². The van der Waals surface area contributed by atoms with E-state index in [0.717, 1.165) is 24.3 Å². The van der Waals surface area contributed by atoms with Crippen molar-refractivity contribution < 1.29 is 9.59 Å². The molecule has 5 nitrogen and oxygen atoms in total. The summed E-state index contributed by atoms with van der Waals surface area (Å²) in [6.45, 7) is 2.51. The van der Waals surface area contributed by atoms with Crippen LogP contribution < -0.4 is 15.5 Å². The van der Waals surface area contributed by atoms with Crippen LogP contribution in [0.25, 0.3) is 0 Å². The van der Waals surface area contributed by atoms with E-state index in [1.54, 1.807) is 30.0 Å². The fraction of sp³-hybridized carbons (Fsp3) is 0.263. The summed E-state index contributed by atoms with van der Waals surface area (Å²) in [6, 6.07) is 11.9. The summed E-state index contributed by atoms with van der Waals surface area (Å²) in [5.74, 6) is -0.0789. The molecule has 2 amide bonds. The van der Waals surface area contributed by atoms with E-state index in [9.17, 15) is 9.59 Å². The van der Waals surface area contributed by atoms with Crippen molar-refractivity contribution in [3.63, 3.8) is 0 Å². The second kappa shape index (κ2) is 7.98. The van der Waals surface area contributed by atoms with E-state index in [4.69, 9.17) is 23.2 Å². The van der Waals surface area contributed by atoms with Crippen LogP contribution in [0.3, 0.4) is 0 Å². The minimum absolute atomic E-state index is 0.150. The maximum Gasteiger partial charge on any atom is 0.246 e. The molecule has 2 aromatic rings. The average Bonchev–Trinajstić information content (AvgIpc) is 3.04. The van der Waals surface area contributed by atoms with Gasteiger partial charge in [-0.15, -0.1) is 0 Å². The summed E-state index contributed by atoms with van der Waals surface area (Å²) < 4.78 is 0. The molecule has 0 bridgehead atoms. The Morgan fingerprint density at radius 3 is 2.54 bits per heavy atom. The first-order chi connectivity index (χ1) is 12.4. The fourth-order valence-electron chi connectivity index (χ4n) is 2.81. The summed E-state index contributed by atoms with van der Waals surface area (Å²) in [6.07, 6.45) is 1.49. The van der Waals surface area contributed by atoms with Gasteiger partial charge in [-0.25, -0.2) is 0 Å². The standard InChI is InChI=1S/C19H19Cl2N3O2/c1-12(19(26)23-17-11-13(20)4-9-16(17)21)22-14-5-7-15(8-6-14)24-10-2-3-18(24)25/h4-9,11-12,22H,2-3,10H2,1H3,(H,23,26)/t12-/m0/s1. The van der Waals surface area contributed by atoms with Crippen LogP contribution in [0.15, 0.2) is 42.5 Å². The Morgan fingerprint density at radius 1 is 1.15 bits per heavy atom. The van der Waals surface area contributed by atoms with Crippen molar-refractivity contribution in [3.8, 4) is 0 Å². The molecule has 0 unspecified atom stereocenters. The van der Waals surface area contributed by atoms with Gasteiger partial charge in [-0.1, -0.05) is 23.2 Å². The van der Waals surface area contributed by atoms with E-state index in [0.29, 0.717) is 22.2 Å². The van der Waals surface area contributed by atoms with Gasteiger partial charge in [0.05, 0.1) is 10.7 Å². The van der Waals surface area contributed by atoms with Crippen LogP contribution in [-0.2, 0) is 9.59 Å². The largest absolute Gasteiger partial charge is 0.374 e. The van der Waals surface area contributed by atoms with Crippen LogP contribution in [0, 0.1) is 0 Å². The molecule has 0 saturated carbocycles. The maximum absolute atomic E-state index is 12.4. The van der Waals surface area contributed by atoms with Gasteiger partial charge < -0.3 is 15.5 Å². The van der Waals surface area contributed by atoms with E-state index in [-0.39, 0.29) is 11.8 Å². The number of hydrogen-bond acceptors (Lipinski definition) is 3. The predicted molar refractivity (Wildman–Crippen MR) is 106 cm³/mol. The molecule has 1 fully saturated rings. The topological polar surface area (TPSA) is 61.4 Å². The normalized spacial score (nSPS) is 15.0. The Hall–Kier alpha value is -2.24. The predicted octanol–water partition coefficient (Wildman–Crippen LogP) is 4.56. The number of rotatable bonds is 5. The van der Waals surface area contributed by atoms with E-state index < -0.39 is 6.04 Å². The Bertz CT molecular complexity index is 824. The highest BCUT2D eigenvalue weighted by Crippen LogP contribution is 2.26. The number of carbonyl (C=O) groups excluding carboxylic acids is 2. The lowest BCUT2D eigenvalue weighted by Crippen LogP contribution is -2.32. The molecule has 1 aliphatic heterocycles. The molecule has 2 N–H and O–H groups in total. The minimum Gasteiger partial charge on any atom is -0.374 e. The zero-order chi connectivity index (χ0) is 18.7. The number of nitrogens with zero attached hydrogens (tertiary/aromatic N) is 1. The molecular formula is C19H19Cl2N3O2. The molecule has 7 heteroatoms. The quantitative estimate of drug-likeness (QED) is 0.784. The van der Waals surface area contributed by atoms with Crippen molar-refractivity contribution in [2.45, 2.75) is 25.8 Å². The average molecular weight is 392 g/mol. The molecule has 1 heterocycles. The lowest BCUT2D eigenvalue weighted by atomic mass is 10.2. The molecule has 1 atom stereocenters. The minimum atomic E-state index is -0.482. The molecule has 2 aromatic carbocycles. The monoisotopic (exact) mass is 391 g/mol. The van der Waals surface area contributed by atoms with Crippen molar-refractivity contribution in [2.24, 2.45) is 0 Å². The first kappa shape index (κ1) is 18.5. The van der Waals surface area contributed by atoms with Crippen LogP contribution in [0.4, 0.5) is 17.1 Å². The third kappa shape index (κ3) is 4.29. The zero-order valence-electron chi connectivity index (χ0n) is 14.3. The summed E-state index contributed by atoms with van der Waals surface area (Å²) in [7, 11) is 0. The number of nitrogens with one attached hydrogen (secondary N) is 2. The second-order valence-electron chi connectivity index (χ2n) is 6.18. The number of hydrogen-bond donors (Lipinski definition) is 2. The van der Waals surface area contributed by atoms with E-state index in [1.165, 1.54) is 0 Å². The molecule has 0 spiro atoms. The summed E-state index contributed by atoms with van der Waals surface area (Å²) in [5.41, 5.74) is 2.14. The molecule has 0 aliphatic carbocycles. The Labute approximate surface area is 162 Å². The Morgan fingerprint density at radius 2 is 1.88 bits per heavy atom. The molecule has 0 aromatic heterocycles. The van der Waals surface area contributed by atoms with Crippen LogP contribution in [-0.4, -0.2) is 24.4 Å². The SMILES string of the molecule is C[C@H](Nc1ccc(N2CCCC2=O)cc1)C(=O)Nc1cc(Cl)ccc1Cl. The third-order valence-corrected chi connectivity index (χ3v) is 4.78. The van der Waals surface area contributed by atoms with Gasteiger partial charge in [-0.2, -0.15) is 0 Å². The smallest absolute Gasteiger partial charge is 0.246 e. The first-order valence-corrected chi connectivity index (χ1v) is 9.12. The van der Waals surface area contributed by atoms with Gasteiger partial charge in [0.15, 0.2) is 0 Å². The maximum atomic E-state index is 12.4. The van der Waals surface area contributed by atoms with Gasteiger partial charge in [-0.3, -0.25) is 9.59 Å². The van der Waals surface area contributed by atoms with E-state index in [1.807, 2.05) is 24.3 Å². The molecule has 1 aliphatic rings. The zero-order valence-corrected chi connectivity index (χ0v) is 15.8. The molecule has 1 saturated heterocycles. The van der Waals surface area contributed by atoms with Gasteiger partial charge in [0.1, 0.15) is 6.04 Å². The van der Waals surface area contributed by atoms with E-state index >= 15 is 0 Å². The number of benzene rings is 2. The van der Waals surface area contributed by atoms with E-state index in [2.05, 4.69) is 10.6 Å². The molecular weight excluding hydrogens is 373 g/mol. The highest BCUT2D eigenvalue weighted by molar-refractivity contribution is 6.35. The lowest BCUT2D eigenvalue weighted by Gasteiger charge is -2.18. The third-order valence-electron chi connectivity index (χ3n) is 4.22. The van der Waals surface area contributed by atoms with Gasteiger partial charge in [0, 0.05) is 29.4 Å². The fourth-order valence-corrected chi connectivity index (χ4v) is 3.15. The van der Waals surface area contributed by atoms with Crippen molar-refractivity contribution in [2.75, 3.05) is 22.1 Å². The number of carbonyl (C=O) groups is 2. The highest BCUT2D eigenvalue weighted by Gasteiger charge is 2.21. The highest BCUT2D eigenvalue weighted by atomic mass is 35.5. The summed E-state index contributed by atoms with van der Waals surface area (Å²) in [5, 5.41) is 6.82. The van der Waals surface area contributed by atoms with Gasteiger partial charge in [0.25, 0.3) is 0 Å². The second-order valence-corrected chi connectivity index (χ2v) is 7.02. The Balaban J connectivity index is 1.62. The summed E-state index contributed by atoms with van der Waals surface area (Å²) >= 11 is 12.0. The van der Waals surface area contributed by atoms with Crippen molar-refractivity contribution in [1.29, 1.82) is 0 Å². The van der Waals surface area contributed by atoms with Crippen LogP contribution >= 0.6 is 23.2 Å². The van der Waals surface area contributed by atoms with Crippen LogP contribution in [0.1, 0.15) is 19.8 Å². The molecule has 3 rings (SSSR count). The molecule has 26 heavy (non-hydrogen) atoms. The van der Waals surface area contributed by atoms with Crippen LogP contribution in [0.5, 0.6) is 0 Å². The first-order valence-electron chi connectivity index (χ1n) is 8.37. The van der Waals surface area contributed by atoms with Crippen molar-refractivity contribution in [1.82, 2.24) is 0 Å². The van der Waals surface area contributed by atoms with Gasteiger partial charge in [0.2, 0.25) is 11.8 Å². The van der Waals surface area contributed by atoms with Crippen molar-refractivity contribution in [3.05, 3.63) is 52.5 Å².